The number of furan rings is 1. The number of hydrogen-bond acceptors (Lipinski definition) is 5. The fourth-order valence-corrected chi connectivity index (χ4v) is 3.29. The summed E-state index contributed by atoms with van der Waals surface area (Å²) in [5.41, 5.74) is 1.74. The van der Waals surface area contributed by atoms with E-state index in [0.29, 0.717) is 29.0 Å². The second-order valence-corrected chi connectivity index (χ2v) is 6.53. The highest BCUT2D eigenvalue weighted by Crippen LogP contribution is 2.39. The molecule has 0 radical (unpaired) electrons. The van der Waals surface area contributed by atoms with Crippen molar-refractivity contribution < 1.29 is 13.6 Å². The Hall–Kier alpha value is -1.98. The summed E-state index contributed by atoms with van der Waals surface area (Å²) in [5, 5.41) is 1.87. The van der Waals surface area contributed by atoms with Crippen molar-refractivity contribution in [3.63, 3.8) is 0 Å². The highest BCUT2D eigenvalue weighted by molar-refractivity contribution is 6.03. The van der Waals surface area contributed by atoms with E-state index in [1.807, 2.05) is 12.1 Å². The van der Waals surface area contributed by atoms with Crippen LogP contribution in [0, 0.1) is 0 Å². The smallest absolute Gasteiger partial charge is 0.336 e. The topological polar surface area (TPSA) is 55.8 Å². The third kappa shape index (κ3) is 3.39. The molecule has 0 N–H and O–H groups in total. The number of ether oxygens (including phenoxy) is 1. The van der Waals surface area contributed by atoms with Crippen LogP contribution in [0.1, 0.15) is 33.3 Å². The average Bonchev–Trinajstić information content (AvgIpc) is 2.99. The van der Waals surface area contributed by atoms with E-state index in [4.69, 9.17) is 13.6 Å². The highest BCUT2D eigenvalue weighted by atomic mass is 35.5. The molecule has 2 heterocycles. The zero-order chi connectivity index (χ0) is 17.4. The fourth-order valence-electron chi connectivity index (χ4n) is 3.29. The lowest BCUT2D eigenvalue weighted by molar-refractivity contribution is 0.167. The van der Waals surface area contributed by atoms with Gasteiger partial charge in [-0.1, -0.05) is 0 Å². The standard InChI is InChI=1S/C19H23NO4.ClH/c1-11(2)20(12(3)4)10-15-13-6-7-16(21)24-18(13)19(22-5)17-14(15)8-9-23-17;/h6-9,11-12H,10H2,1-5H3;1H. The summed E-state index contributed by atoms with van der Waals surface area (Å²) in [5.74, 6) is 0.465. The first-order valence-corrected chi connectivity index (χ1v) is 8.19. The van der Waals surface area contributed by atoms with Crippen molar-refractivity contribution in [1.29, 1.82) is 0 Å². The maximum absolute atomic E-state index is 11.7. The van der Waals surface area contributed by atoms with E-state index >= 15 is 0 Å². The van der Waals surface area contributed by atoms with E-state index in [1.54, 1.807) is 13.4 Å². The van der Waals surface area contributed by atoms with Gasteiger partial charge in [-0.3, -0.25) is 4.90 Å². The zero-order valence-electron chi connectivity index (χ0n) is 15.2. The van der Waals surface area contributed by atoms with Gasteiger partial charge in [-0.15, -0.1) is 12.4 Å². The molecule has 1 aromatic carbocycles. The van der Waals surface area contributed by atoms with E-state index < -0.39 is 5.63 Å². The molecule has 0 fully saturated rings. The first-order valence-electron chi connectivity index (χ1n) is 8.19. The molecule has 5 nitrogen and oxygen atoms in total. The van der Waals surface area contributed by atoms with Gasteiger partial charge in [0.15, 0.2) is 11.2 Å². The minimum atomic E-state index is -0.401. The Morgan fingerprint density at radius 2 is 1.68 bits per heavy atom. The molecule has 3 aromatic rings. The first-order chi connectivity index (χ1) is 11.4. The highest BCUT2D eigenvalue weighted by Gasteiger charge is 2.22. The van der Waals surface area contributed by atoms with Crippen LogP contribution >= 0.6 is 12.4 Å². The molecule has 0 aliphatic rings. The predicted molar refractivity (Wildman–Crippen MR) is 102 cm³/mol. The SMILES string of the molecule is COc1c2occc2c(CN(C(C)C)C(C)C)c2ccc(=O)oc12.Cl. The van der Waals surface area contributed by atoms with Gasteiger partial charge in [-0.25, -0.2) is 4.79 Å². The zero-order valence-corrected chi connectivity index (χ0v) is 16.0. The summed E-state index contributed by atoms with van der Waals surface area (Å²) in [6, 6.07) is 5.98. The predicted octanol–water partition coefficient (Wildman–Crippen LogP) is 4.59. The Balaban J connectivity index is 0.00000225. The number of benzene rings is 1. The van der Waals surface area contributed by atoms with Crippen LogP contribution in [-0.2, 0) is 6.54 Å². The van der Waals surface area contributed by atoms with Crippen molar-refractivity contribution in [3.8, 4) is 5.75 Å². The summed E-state index contributed by atoms with van der Waals surface area (Å²) >= 11 is 0. The van der Waals surface area contributed by atoms with Crippen LogP contribution < -0.4 is 10.4 Å². The molecule has 2 aromatic heterocycles. The first kappa shape index (κ1) is 19.3. The van der Waals surface area contributed by atoms with E-state index in [0.717, 1.165) is 22.9 Å². The Kier molecular flexibility index (Phi) is 5.80. The number of methoxy groups -OCH3 is 1. The van der Waals surface area contributed by atoms with Crippen LogP contribution in [0.25, 0.3) is 21.9 Å². The Morgan fingerprint density at radius 1 is 1.04 bits per heavy atom. The van der Waals surface area contributed by atoms with Crippen molar-refractivity contribution in [2.45, 2.75) is 46.3 Å². The molecule has 0 aliphatic heterocycles. The molecule has 6 heteroatoms. The summed E-state index contributed by atoms with van der Waals surface area (Å²) in [6.07, 6.45) is 1.64. The molecular weight excluding hydrogens is 342 g/mol. The van der Waals surface area contributed by atoms with E-state index in [-0.39, 0.29) is 12.4 Å². The van der Waals surface area contributed by atoms with Gasteiger partial charge in [0.2, 0.25) is 5.75 Å². The van der Waals surface area contributed by atoms with Crippen molar-refractivity contribution in [1.82, 2.24) is 4.90 Å². The number of rotatable bonds is 5. The van der Waals surface area contributed by atoms with E-state index in [9.17, 15) is 4.79 Å². The van der Waals surface area contributed by atoms with Crippen molar-refractivity contribution in [3.05, 3.63) is 40.4 Å². The molecule has 3 rings (SSSR count). The van der Waals surface area contributed by atoms with E-state index in [2.05, 4.69) is 32.6 Å². The fraction of sp³-hybridized carbons (Fsp3) is 0.421. The number of fused-ring (bicyclic) bond motifs is 2. The van der Waals surface area contributed by atoms with Crippen LogP contribution in [0.15, 0.2) is 38.1 Å². The van der Waals surface area contributed by atoms with Gasteiger partial charge in [0, 0.05) is 35.5 Å². The van der Waals surface area contributed by atoms with Gasteiger partial charge >= 0.3 is 5.63 Å². The van der Waals surface area contributed by atoms with E-state index in [1.165, 1.54) is 6.07 Å². The maximum atomic E-state index is 11.7. The van der Waals surface area contributed by atoms with Crippen LogP contribution in [-0.4, -0.2) is 24.1 Å². The van der Waals surface area contributed by atoms with Crippen molar-refractivity contribution >= 4 is 34.3 Å². The average molecular weight is 366 g/mol. The van der Waals surface area contributed by atoms with Gasteiger partial charge in [0.25, 0.3) is 0 Å². The largest absolute Gasteiger partial charge is 0.490 e. The van der Waals surface area contributed by atoms with Gasteiger partial charge in [-0.05, 0) is 45.4 Å². The molecule has 0 amide bonds. The summed E-state index contributed by atoms with van der Waals surface area (Å²) in [7, 11) is 1.55. The quantitative estimate of drug-likeness (QED) is 0.619. The summed E-state index contributed by atoms with van der Waals surface area (Å²) < 4.78 is 16.5. The minimum absolute atomic E-state index is 0. The molecule has 0 saturated carbocycles. The van der Waals surface area contributed by atoms with Crippen LogP contribution in [0.5, 0.6) is 5.75 Å². The molecule has 0 spiro atoms. The molecule has 25 heavy (non-hydrogen) atoms. The van der Waals surface area contributed by atoms with Crippen molar-refractivity contribution in [2.75, 3.05) is 7.11 Å². The molecule has 0 aliphatic carbocycles. The number of hydrogen-bond donors (Lipinski definition) is 0. The lowest BCUT2D eigenvalue weighted by Crippen LogP contribution is -2.36. The van der Waals surface area contributed by atoms with Crippen LogP contribution in [0.4, 0.5) is 0 Å². The van der Waals surface area contributed by atoms with Crippen molar-refractivity contribution in [2.24, 2.45) is 0 Å². The Morgan fingerprint density at radius 3 is 2.28 bits per heavy atom. The normalized spacial score (nSPS) is 11.7. The third-order valence-electron chi connectivity index (χ3n) is 4.43. The summed E-state index contributed by atoms with van der Waals surface area (Å²) in [4.78, 5) is 14.1. The lowest BCUT2D eigenvalue weighted by Gasteiger charge is -2.31. The molecule has 0 saturated heterocycles. The molecular formula is C19H24ClNO4. The van der Waals surface area contributed by atoms with Crippen LogP contribution in [0.2, 0.25) is 0 Å². The summed E-state index contributed by atoms with van der Waals surface area (Å²) in [6.45, 7) is 9.45. The maximum Gasteiger partial charge on any atom is 0.336 e. The van der Waals surface area contributed by atoms with Gasteiger partial charge in [-0.2, -0.15) is 0 Å². The number of nitrogens with zero attached hydrogens (tertiary/aromatic N) is 1. The second kappa shape index (κ2) is 7.50. The number of halogens is 1. The Labute approximate surface area is 153 Å². The molecule has 136 valence electrons. The lowest BCUT2D eigenvalue weighted by atomic mass is 10.0. The minimum Gasteiger partial charge on any atom is -0.490 e. The van der Waals surface area contributed by atoms with Crippen LogP contribution in [0.3, 0.4) is 0 Å². The third-order valence-corrected chi connectivity index (χ3v) is 4.43. The van der Waals surface area contributed by atoms with Gasteiger partial charge < -0.3 is 13.6 Å². The molecule has 0 unspecified atom stereocenters. The van der Waals surface area contributed by atoms with Gasteiger partial charge in [0.05, 0.1) is 13.4 Å². The molecule has 0 bridgehead atoms. The monoisotopic (exact) mass is 365 g/mol. The molecule has 0 atom stereocenters. The Bertz CT molecular complexity index is 918. The van der Waals surface area contributed by atoms with Gasteiger partial charge in [0.1, 0.15) is 0 Å². The second-order valence-electron chi connectivity index (χ2n) is 6.53.